The molecule has 0 saturated heterocycles. The quantitative estimate of drug-likeness (QED) is 0.647. The number of ether oxygens (including phenoxy) is 2. The minimum atomic E-state index is 0.294. The molecule has 1 atom stereocenters. The SMILES string of the molecule is CCCCCOc1cc(OC)ccc1C(C)NCCC. The van der Waals surface area contributed by atoms with Crippen molar-refractivity contribution in [2.75, 3.05) is 20.3 Å². The van der Waals surface area contributed by atoms with Crippen LogP contribution in [-0.4, -0.2) is 20.3 Å². The molecule has 3 heteroatoms. The summed E-state index contributed by atoms with van der Waals surface area (Å²) >= 11 is 0. The van der Waals surface area contributed by atoms with Gasteiger partial charge in [0.15, 0.2) is 0 Å². The van der Waals surface area contributed by atoms with Gasteiger partial charge >= 0.3 is 0 Å². The van der Waals surface area contributed by atoms with Gasteiger partial charge < -0.3 is 14.8 Å². The molecule has 0 heterocycles. The normalized spacial score (nSPS) is 12.2. The Morgan fingerprint density at radius 2 is 1.95 bits per heavy atom. The van der Waals surface area contributed by atoms with E-state index >= 15 is 0 Å². The molecule has 0 spiro atoms. The number of hydrogen-bond acceptors (Lipinski definition) is 3. The summed E-state index contributed by atoms with van der Waals surface area (Å²) in [6, 6.07) is 6.38. The molecule has 20 heavy (non-hydrogen) atoms. The summed E-state index contributed by atoms with van der Waals surface area (Å²) in [4.78, 5) is 0. The number of methoxy groups -OCH3 is 1. The first kappa shape index (κ1) is 16.8. The Kier molecular flexibility index (Phi) is 8.12. The molecule has 1 rings (SSSR count). The predicted octanol–water partition coefficient (Wildman–Crippen LogP) is 4.32. The van der Waals surface area contributed by atoms with Crippen LogP contribution in [0.25, 0.3) is 0 Å². The molecule has 0 aliphatic carbocycles. The zero-order valence-corrected chi connectivity index (χ0v) is 13.4. The number of benzene rings is 1. The lowest BCUT2D eigenvalue weighted by atomic mass is 10.1. The van der Waals surface area contributed by atoms with Gasteiger partial charge in [0.1, 0.15) is 11.5 Å². The van der Waals surface area contributed by atoms with Crippen LogP contribution in [0.2, 0.25) is 0 Å². The Morgan fingerprint density at radius 1 is 1.15 bits per heavy atom. The summed E-state index contributed by atoms with van der Waals surface area (Å²) in [6.45, 7) is 8.34. The molecule has 0 bridgehead atoms. The summed E-state index contributed by atoms with van der Waals surface area (Å²) in [6.07, 6.45) is 4.66. The molecule has 0 aliphatic rings. The van der Waals surface area contributed by atoms with Gasteiger partial charge in [-0.2, -0.15) is 0 Å². The van der Waals surface area contributed by atoms with E-state index < -0.39 is 0 Å². The molecular formula is C17H29NO2. The van der Waals surface area contributed by atoms with Crippen LogP contribution >= 0.6 is 0 Å². The highest BCUT2D eigenvalue weighted by atomic mass is 16.5. The van der Waals surface area contributed by atoms with Crippen LogP contribution in [0, 0.1) is 0 Å². The Balaban J connectivity index is 2.74. The fourth-order valence-electron chi connectivity index (χ4n) is 2.13. The predicted molar refractivity (Wildman–Crippen MR) is 84.7 cm³/mol. The summed E-state index contributed by atoms with van der Waals surface area (Å²) in [5.74, 6) is 1.79. The van der Waals surface area contributed by atoms with Crippen molar-refractivity contribution in [2.45, 2.75) is 52.5 Å². The molecule has 0 aliphatic heterocycles. The Labute approximate surface area is 123 Å². The third kappa shape index (κ3) is 5.41. The highest BCUT2D eigenvalue weighted by molar-refractivity contribution is 5.42. The monoisotopic (exact) mass is 279 g/mol. The van der Waals surface area contributed by atoms with Crippen LogP contribution in [0.3, 0.4) is 0 Å². The lowest BCUT2D eigenvalue weighted by Crippen LogP contribution is -2.20. The van der Waals surface area contributed by atoms with Crippen molar-refractivity contribution in [1.82, 2.24) is 5.32 Å². The van der Waals surface area contributed by atoms with Crippen molar-refractivity contribution in [3.05, 3.63) is 23.8 Å². The van der Waals surface area contributed by atoms with E-state index in [-0.39, 0.29) is 0 Å². The van der Waals surface area contributed by atoms with Gasteiger partial charge in [-0.25, -0.2) is 0 Å². The van der Waals surface area contributed by atoms with Gasteiger partial charge in [-0.1, -0.05) is 32.8 Å². The number of hydrogen-bond donors (Lipinski definition) is 1. The van der Waals surface area contributed by atoms with Gasteiger partial charge in [-0.3, -0.25) is 0 Å². The maximum Gasteiger partial charge on any atom is 0.127 e. The van der Waals surface area contributed by atoms with Crippen LogP contribution in [-0.2, 0) is 0 Å². The van der Waals surface area contributed by atoms with Crippen LogP contribution in [0.4, 0.5) is 0 Å². The van der Waals surface area contributed by atoms with E-state index in [1.807, 2.05) is 12.1 Å². The fourth-order valence-corrected chi connectivity index (χ4v) is 2.13. The smallest absolute Gasteiger partial charge is 0.127 e. The third-order valence-corrected chi connectivity index (χ3v) is 3.39. The maximum absolute atomic E-state index is 5.96. The van der Waals surface area contributed by atoms with Crippen LogP contribution in [0.1, 0.15) is 58.1 Å². The zero-order chi connectivity index (χ0) is 14.8. The second-order valence-electron chi connectivity index (χ2n) is 5.14. The van der Waals surface area contributed by atoms with E-state index in [0.717, 1.165) is 37.5 Å². The molecule has 0 aromatic heterocycles. The third-order valence-electron chi connectivity index (χ3n) is 3.39. The van der Waals surface area contributed by atoms with Gasteiger partial charge in [0.25, 0.3) is 0 Å². The van der Waals surface area contributed by atoms with E-state index in [9.17, 15) is 0 Å². The molecule has 1 aromatic rings. The molecule has 114 valence electrons. The second kappa shape index (κ2) is 9.65. The molecule has 0 radical (unpaired) electrons. The molecule has 3 nitrogen and oxygen atoms in total. The van der Waals surface area contributed by atoms with Gasteiger partial charge in [0.2, 0.25) is 0 Å². The zero-order valence-electron chi connectivity index (χ0n) is 13.4. The minimum absolute atomic E-state index is 0.294. The standard InChI is InChI=1S/C17H29NO2/c1-5-7-8-12-20-17-13-15(19-4)9-10-16(17)14(3)18-11-6-2/h9-10,13-14,18H,5-8,11-12H2,1-4H3. The van der Waals surface area contributed by atoms with Gasteiger partial charge in [-0.15, -0.1) is 0 Å². The molecule has 1 unspecified atom stereocenters. The lowest BCUT2D eigenvalue weighted by Gasteiger charge is -2.19. The number of rotatable bonds is 10. The van der Waals surface area contributed by atoms with E-state index in [0.29, 0.717) is 6.04 Å². The van der Waals surface area contributed by atoms with E-state index in [1.54, 1.807) is 7.11 Å². The number of nitrogens with one attached hydrogen (secondary N) is 1. The maximum atomic E-state index is 5.96. The summed E-state index contributed by atoms with van der Waals surface area (Å²) < 4.78 is 11.3. The molecule has 0 fully saturated rings. The van der Waals surface area contributed by atoms with Crippen molar-refractivity contribution < 1.29 is 9.47 Å². The lowest BCUT2D eigenvalue weighted by molar-refractivity contribution is 0.298. The topological polar surface area (TPSA) is 30.5 Å². The van der Waals surface area contributed by atoms with Crippen molar-refractivity contribution >= 4 is 0 Å². The van der Waals surface area contributed by atoms with Crippen molar-refractivity contribution in [3.63, 3.8) is 0 Å². The van der Waals surface area contributed by atoms with Crippen LogP contribution < -0.4 is 14.8 Å². The average molecular weight is 279 g/mol. The first-order valence-electron chi connectivity index (χ1n) is 7.77. The van der Waals surface area contributed by atoms with Gasteiger partial charge in [0.05, 0.1) is 13.7 Å². The van der Waals surface area contributed by atoms with E-state index in [1.165, 1.54) is 18.4 Å². The van der Waals surface area contributed by atoms with Gasteiger partial charge in [-0.05, 0) is 32.4 Å². The van der Waals surface area contributed by atoms with Crippen molar-refractivity contribution in [3.8, 4) is 11.5 Å². The molecule has 1 aromatic carbocycles. The van der Waals surface area contributed by atoms with E-state index in [4.69, 9.17) is 9.47 Å². The second-order valence-corrected chi connectivity index (χ2v) is 5.14. The van der Waals surface area contributed by atoms with E-state index in [2.05, 4.69) is 32.2 Å². The molecule has 1 N–H and O–H groups in total. The summed E-state index contributed by atoms with van der Waals surface area (Å²) in [5.41, 5.74) is 1.20. The molecule has 0 saturated carbocycles. The minimum Gasteiger partial charge on any atom is -0.497 e. The largest absolute Gasteiger partial charge is 0.497 e. The Hall–Kier alpha value is -1.22. The van der Waals surface area contributed by atoms with Crippen molar-refractivity contribution in [1.29, 1.82) is 0 Å². The Bertz CT molecular complexity index is 379. The molecular weight excluding hydrogens is 250 g/mol. The first-order valence-corrected chi connectivity index (χ1v) is 7.77. The summed E-state index contributed by atoms with van der Waals surface area (Å²) in [7, 11) is 1.69. The van der Waals surface area contributed by atoms with Gasteiger partial charge in [0, 0.05) is 17.7 Å². The van der Waals surface area contributed by atoms with Crippen LogP contribution in [0.15, 0.2) is 18.2 Å². The molecule has 0 amide bonds. The first-order chi connectivity index (χ1) is 9.72. The average Bonchev–Trinajstić information content (AvgIpc) is 2.49. The fraction of sp³-hybridized carbons (Fsp3) is 0.647. The number of unbranched alkanes of at least 4 members (excludes halogenated alkanes) is 2. The summed E-state index contributed by atoms with van der Waals surface area (Å²) in [5, 5.41) is 3.51. The highest BCUT2D eigenvalue weighted by Crippen LogP contribution is 2.29. The Morgan fingerprint density at radius 3 is 2.60 bits per heavy atom. The highest BCUT2D eigenvalue weighted by Gasteiger charge is 2.12. The van der Waals surface area contributed by atoms with Crippen molar-refractivity contribution in [2.24, 2.45) is 0 Å². The van der Waals surface area contributed by atoms with Crippen LogP contribution in [0.5, 0.6) is 11.5 Å².